The molecule has 64 valence electrons. The molecule has 1 rings (SSSR count). The van der Waals surface area contributed by atoms with Gasteiger partial charge in [-0.3, -0.25) is 0 Å². The maximum atomic E-state index is 10.1. The Morgan fingerprint density at radius 1 is 1.42 bits per heavy atom. The molecule has 1 aromatic rings. The van der Waals surface area contributed by atoms with Crippen LogP contribution >= 0.6 is 0 Å². The maximum Gasteiger partial charge on any atom is 0.423 e. The van der Waals surface area contributed by atoms with Crippen LogP contribution in [-0.4, -0.2) is 6.09 Å². The quantitative estimate of drug-likeness (QED) is 0.652. The fraction of sp³-hybridized carbons (Fsp3) is 0.125. The Kier molecular flexibility index (Phi) is 3.10. The third kappa shape index (κ3) is 3.03. The van der Waals surface area contributed by atoms with Crippen LogP contribution in [0, 0.1) is 0 Å². The van der Waals surface area contributed by atoms with Crippen LogP contribution in [-0.2, 0) is 11.4 Å². The molecule has 4 heteroatoms. The molecule has 0 aliphatic heterocycles. The molecule has 0 heterocycles. The van der Waals surface area contributed by atoms with E-state index in [4.69, 9.17) is 5.73 Å². The highest BCUT2D eigenvalue weighted by atomic mass is 16.7. The monoisotopic (exact) mass is 166 g/mol. The molecule has 0 atom stereocenters. The minimum Gasteiger partial charge on any atom is -0.354 e. The number of carbonyl (C=O) groups is 1. The molecule has 12 heavy (non-hydrogen) atoms. The first-order chi connectivity index (χ1) is 5.79. The Labute approximate surface area is 70.3 Å². The number of hydrogen-bond acceptors (Lipinski definition) is 3. The molecule has 0 saturated carbocycles. The van der Waals surface area contributed by atoms with Crippen LogP contribution in [0.15, 0.2) is 30.3 Å². The highest BCUT2D eigenvalue weighted by Crippen LogP contribution is 1.96. The normalized spacial score (nSPS) is 9.33. The summed E-state index contributed by atoms with van der Waals surface area (Å²) in [6.45, 7) is 0.462. The van der Waals surface area contributed by atoms with E-state index in [-0.39, 0.29) is 0 Å². The summed E-state index contributed by atoms with van der Waals surface area (Å²) in [5.41, 5.74) is 8.19. The number of primary amides is 1. The van der Waals surface area contributed by atoms with Crippen molar-refractivity contribution in [2.45, 2.75) is 6.54 Å². The van der Waals surface area contributed by atoms with Gasteiger partial charge in [0.05, 0.1) is 6.54 Å². The second kappa shape index (κ2) is 4.35. The van der Waals surface area contributed by atoms with Gasteiger partial charge in [-0.1, -0.05) is 30.3 Å². The van der Waals surface area contributed by atoms with Gasteiger partial charge in [-0.15, -0.1) is 5.48 Å². The van der Waals surface area contributed by atoms with Crippen molar-refractivity contribution < 1.29 is 9.63 Å². The first-order valence-electron chi connectivity index (χ1n) is 3.52. The van der Waals surface area contributed by atoms with E-state index in [2.05, 4.69) is 10.3 Å². The zero-order valence-corrected chi connectivity index (χ0v) is 6.49. The first kappa shape index (κ1) is 8.55. The van der Waals surface area contributed by atoms with E-state index in [1.165, 1.54) is 0 Å². The molecule has 0 saturated heterocycles. The standard InChI is InChI=1S/C8H10N2O2/c9-8(11)12-10-6-7-4-2-1-3-5-7/h1-5,10H,6H2,(H2,9,11). The lowest BCUT2D eigenvalue weighted by Crippen LogP contribution is -2.23. The molecule has 0 spiro atoms. The fourth-order valence-corrected chi connectivity index (χ4v) is 0.786. The summed E-state index contributed by atoms with van der Waals surface area (Å²) in [4.78, 5) is 14.5. The maximum absolute atomic E-state index is 10.1. The van der Waals surface area contributed by atoms with Crippen LogP contribution in [0.4, 0.5) is 4.79 Å². The number of nitrogens with one attached hydrogen (secondary N) is 1. The van der Waals surface area contributed by atoms with E-state index < -0.39 is 6.09 Å². The lowest BCUT2D eigenvalue weighted by atomic mass is 10.2. The molecular weight excluding hydrogens is 156 g/mol. The van der Waals surface area contributed by atoms with Crippen molar-refractivity contribution in [1.82, 2.24) is 5.48 Å². The second-order valence-corrected chi connectivity index (χ2v) is 2.23. The van der Waals surface area contributed by atoms with Gasteiger partial charge < -0.3 is 10.6 Å². The Hall–Kier alpha value is -1.55. The van der Waals surface area contributed by atoms with Crippen molar-refractivity contribution in [2.24, 2.45) is 5.73 Å². The summed E-state index contributed by atoms with van der Waals surface area (Å²) in [5, 5.41) is 0. The molecule has 4 nitrogen and oxygen atoms in total. The highest BCUT2D eigenvalue weighted by Gasteiger charge is 1.93. The molecular formula is C8H10N2O2. The molecule has 1 amide bonds. The average Bonchev–Trinajstić information content (AvgIpc) is 2.05. The van der Waals surface area contributed by atoms with Gasteiger partial charge in [-0.25, -0.2) is 4.79 Å². The first-order valence-corrected chi connectivity index (χ1v) is 3.52. The summed E-state index contributed by atoms with van der Waals surface area (Å²) >= 11 is 0. The number of benzene rings is 1. The highest BCUT2D eigenvalue weighted by molar-refractivity contribution is 5.64. The van der Waals surface area contributed by atoms with E-state index in [1.807, 2.05) is 30.3 Å². The summed E-state index contributed by atoms with van der Waals surface area (Å²) in [5.74, 6) is 0. The van der Waals surface area contributed by atoms with E-state index in [0.29, 0.717) is 6.54 Å². The molecule has 0 aromatic heterocycles. The number of hydroxylamine groups is 1. The van der Waals surface area contributed by atoms with Gasteiger partial charge in [0.1, 0.15) is 0 Å². The largest absolute Gasteiger partial charge is 0.423 e. The molecule has 1 aromatic carbocycles. The molecule has 0 unspecified atom stereocenters. The lowest BCUT2D eigenvalue weighted by Gasteiger charge is -2.01. The Morgan fingerprint density at radius 3 is 2.67 bits per heavy atom. The fourth-order valence-electron chi connectivity index (χ4n) is 0.786. The minimum absolute atomic E-state index is 0.462. The number of rotatable bonds is 3. The molecule has 3 N–H and O–H groups in total. The van der Waals surface area contributed by atoms with Gasteiger partial charge in [-0.2, -0.15) is 0 Å². The van der Waals surface area contributed by atoms with Gasteiger partial charge in [0.25, 0.3) is 0 Å². The van der Waals surface area contributed by atoms with Crippen molar-refractivity contribution in [3.8, 4) is 0 Å². The average molecular weight is 166 g/mol. The van der Waals surface area contributed by atoms with Crippen LogP contribution in [0.3, 0.4) is 0 Å². The minimum atomic E-state index is -0.828. The van der Waals surface area contributed by atoms with E-state index >= 15 is 0 Å². The van der Waals surface area contributed by atoms with Crippen molar-refractivity contribution in [2.75, 3.05) is 0 Å². The number of carbonyl (C=O) groups excluding carboxylic acids is 1. The smallest absolute Gasteiger partial charge is 0.354 e. The van der Waals surface area contributed by atoms with E-state index in [0.717, 1.165) is 5.56 Å². The Bertz CT molecular complexity index is 248. The lowest BCUT2D eigenvalue weighted by molar-refractivity contribution is 0.0952. The molecule has 0 fully saturated rings. The summed E-state index contributed by atoms with van der Waals surface area (Å²) in [6.07, 6.45) is -0.828. The zero-order chi connectivity index (χ0) is 8.81. The summed E-state index contributed by atoms with van der Waals surface area (Å²) in [6, 6.07) is 9.55. The third-order valence-electron chi connectivity index (χ3n) is 1.29. The number of nitrogens with two attached hydrogens (primary N) is 1. The van der Waals surface area contributed by atoms with Gasteiger partial charge in [-0.05, 0) is 5.56 Å². The van der Waals surface area contributed by atoms with E-state index in [1.54, 1.807) is 0 Å². The van der Waals surface area contributed by atoms with Gasteiger partial charge in [0.2, 0.25) is 0 Å². The Balaban J connectivity index is 2.29. The molecule has 0 aliphatic rings. The number of amides is 1. The van der Waals surface area contributed by atoms with Crippen LogP contribution in [0.1, 0.15) is 5.56 Å². The van der Waals surface area contributed by atoms with Crippen LogP contribution in [0.25, 0.3) is 0 Å². The Morgan fingerprint density at radius 2 is 2.08 bits per heavy atom. The van der Waals surface area contributed by atoms with Gasteiger partial charge in [0.15, 0.2) is 0 Å². The number of hydrogen-bond donors (Lipinski definition) is 2. The van der Waals surface area contributed by atoms with Crippen molar-refractivity contribution in [3.05, 3.63) is 35.9 Å². The van der Waals surface area contributed by atoms with Gasteiger partial charge >= 0.3 is 6.09 Å². The van der Waals surface area contributed by atoms with E-state index in [9.17, 15) is 4.79 Å². The molecule has 0 aliphatic carbocycles. The molecule has 0 radical (unpaired) electrons. The predicted molar refractivity (Wildman–Crippen MR) is 44.0 cm³/mol. The summed E-state index contributed by atoms with van der Waals surface area (Å²) < 4.78 is 0. The van der Waals surface area contributed by atoms with Crippen molar-refractivity contribution >= 4 is 6.09 Å². The third-order valence-corrected chi connectivity index (χ3v) is 1.29. The summed E-state index contributed by atoms with van der Waals surface area (Å²) in [7, 11) is 0. The van der Waals surface area contributed by atoms with Crippen LogP contribution in [0.2, 0.25) is 0 Å². The zero-order valence-electron chi connectivity index (χ0n) is 6.49. The molecule has 0 bridgehead atoms. The van der Waals surface area contributed by atoms with Crippen LogP contribution in [0.5, 0.6) is 0 Å². The SMILES string of the molecule is NC(=O)ONCc1ccccc1. The topological polar surface area (TPSA) is 64.4 Å². The predicted octanol–water partition coefficient (Wildman–Crippen LogP) is 0.786. The van der Waals surface area contributed by atoms with Crippen LogP contribution < -0.4 is 11.2 Å². The van der Waals surface area contributed by atoms with Crippen molar-refractivity contribution in [3.63, 3.8) is 0 Å². The van der Waals surface area contributed by atoms with Crippen molar-refractivity contribution in [1.29, 1.82) is 0 Å². The second-order valence-electron chi connectivity index (χ2n) is 2.23. The van der Waals surface area contributed by atoms with Gasteiger partial charge in [0, 0.05) is 0 Å².